The molecule has 1 aromatic carbocycles. The molecule has 0 aliphatic heterocycles. The van der Waals surface area contributed by atoms with Crippen LogP contribution >= 0.6 is 15.9 Å². The molecule has 10 heteroatoms. The molecule has 0 bridgehead atoms. The highest BCUT2D eigenvalue weighted by atomic mass is 79.9. The van der Waals surface area contributed by atoms with Crippen molar-refractivity contribution in [3.63, 3.8) is 0 Å². The van der Waals surface area contributed by atoms with Crippen LogP contribution in [0.25, 0.3) is 22.5 Å². The molecule has 0 amide bonds. The Hall–Kier alpha value is -1.94. The number of hydrogen-bond donors (Lipinski definition) is 2. The number of aromatic amines is 2. The van der Waals surface area contributed by atoms with Crippen molar-refractivity contribution in [2.24, 2.45) is 0 Å². The predicted octanol–water partition coefficient (Wildman–Crippen LogP) is 1.65. The highest BCUT2D eigenvalue weighted by Gasteiger charge is 2.16. The van der Waals surface area contributed by atoms with E-state index in [2.05, 4.69) is 36.0 Å². The summed E-state index contributed by atoms with van der Waals surface area (Å²) < 4.78 is 29.0. The Bertz CT molecular complexity index is 1020. The number of hydrogen-bond acceptors (Lipinski definition) is 6. The van der Waals surface area contributed by atoms with Crippen molar-refractivity contribution in [2.45, 2.75) is 13.3 Å². The van der Waals surface area contributed by atoms with Crippen molar-refractivity contribution in [3.8, 4) is 11.5 Å². The molecule has 23 heavy (non-hydrogen) atoms. The topological polar surface area (TPSA) is 122 Å². The van der Waals surface area contributed by atoms with Gasteiger partial charge in [-0.15, -0.1) is 0 Å². The Morgan fingerprint density at radius 3 is 2.83 bits per heavy atom. The normalized spacial score (nSPS) is 12.1. The summed E-state index contributed by atoms with van der Waals surface area (Å²) in [6, 6.07) is 3.49. The second-order valence-corrected chi connectivity index (χ2v) is 8.35. The van der Waals surface area contributed by atoms with Crippen LogP contribution in [0, 0.1) is 0 Å². The van der Waals surface area contributed by atoms with E-state index in [1.165, 1.54) is 0 Å². The first kappa shape index (κ1) is 15.9. The number of H-pyrrole nitrogens is 2. The number of rotatable bonds is 5. The third kappa shape index (κ3) is 3.37. The molecule has 0 aliphatic rings. The number of sulfone groups is 1. The molecule has 122 valence electrons. The van der Waals surface area contributed by atoms with E-state index in [9.17, 15) is 13.2 Å². The SMILES string of the molecule is CCS(=O)(=O)CCc1noc(-c2cc(Br)cc3[nH]c(=O)[nH]c23)n1. The molecule has 3 aromatic rings. The van der Waals surface area contributed by atoms with Gasteiger partial charge in [0.1, 0.15) is 9.84 Å². The van der Waals surface area contributed by atoms with Crippen LogP contribution in [-0.2, 0) is 16.3 Å². The zero-order valence-corrected chi connectivity index (χ0v) is 14.5. The molecule has 0 spiro atoms. The maximum absolute atomic E-state index is 11.5. The Labute approximate surface area is 139 Å². The van der Waals surface area contributed by atoms with Gasteiger partial charge in [-0.1, -0.05) is 28.0 Å². The molecule has 0 saturated carbocycles. The summed E-state index contributed by atoms with van der Waals surface area (Å²) in [7, 11) is -3.09. The van der Waals surface area contributed by atoms with Crippen molar-refractivity contribution in [2.75, 3.05) is 11.5 Å². The molecule has 2 heterocycles. The number of halogens is 1. The van der Waals surface area contributed by atoms with Gasteiger partial charge >= 0.3 is 5.69 Å². The molecule has 0 saturated heterocycles. The average molecular weight is 401 g/mol. The fraction of sp³-hybridized carbons (Fsp3) is 0.308. The van der Waals surface area contributed by atoms with Crippen LogP contribution in [0.2, 0.25) is 0 Å². The Balaban J connectivity index is 1.96. The van der Waals surface area contributed by atoms with Gasteiger partial charge in [0.05, 0.1) is 22.3 Å². The van der Waals surface area contributed by atoms with Crippen molar-refractivity contribution < 1.29 is 12.9 Å². The van der Waals surface area contributed by atoms with E-state index in [1.54, 1.807) is 19.1 Å². The molecule has 0 fully saturated rings. The lowest BCUT2D eigenvalue weighted by molar-refractivity contribution is 0.423. The molecular formula is C13H13BrN4O4S. The van der Waals surface area contributed by atoms with E-state index < -0.39 is 9.84 Å². The minimum Gasteiger partial charge on any atom is -0.334 e. The number of nitrogens with one attached hydrogen (secondary N) is 2. The lowest BCUT2D eigenvalue weighted by atomic mass is 10.2. The number of fused-ring (bicyclic) bond motifs is 1. The van der Waals surface area contributed by atoms with Crippen LogP contribution in [0.5, 0.6) is 0 Å². The standard InChI is InChI=1S/C13H13BrN4O4S/c1-2-23(20,21)4-3-10-16-12(22-18-10)8-5-7(14)6-9-11(8)17-13(19)15-9/h5-6H,2-4H2,1H3,(H2,15,17,19). The summed E-state index contributed by atoms with van der Waals surface area (Å²) >= 11 is 3.36. The highest BCUT2D eigenvalue weighted by molar-refractivity contribution is 9.10. The monoisotopic (exact) mass is 400 g/mol. The Kier molecular flexibility index (Phi) is 4.11. The lowest BCUT2D eigenvalue weighted by Crippen LogP contribution is -2.11. The van der Waals surface area contributed by atoms with Gasteiger partial charge in [0.2, 0.25) is 0 Å². The molecular weight excluding hydrogens is 388 g/mol. The first-order valence-corrected chi connectivity index (χ1v) is 9.44. The molecule has 8 nitrogen and oxygen atoms in total. The minimum atomic E-state index is -3.09. The van der Waals surface area contributed by atoms with Crippen LogP contribution in [0.4, 0.5) is 0 Å². The molecule has 2 aromatic heterocycles. The van der Waals surface area contributed by atoms with Crippen LogP contribution in [0.3, 0.4) is 0 Å². The molecule has 0 aliphatic carbocycles. The lowest BCUT2D eigenvalue weighted by Gasteiger charge is -1.98. The third-order valence-corrected chi connectivity index (χ3v) is 5.53. The molecule has 3 rings (SSSR count). The van der Waals surface area contributed by atoms with E-state index in [-0.39, 0.29) is 29.5 Å². The second kappa shape index (κ2) is 5.93. The fourth-order valence-corrected chi connectivity index (χ4v) is 3.37. The second-order valence-electron chi connectivity index (χ2n) is 4.96. The summed E-state index contributed by atoms with van der Waals surface area (Å²) in [6.45, 7) is 1.59. The minimum absolute atomic E-state index is 0.0304. The summed E-state index contributed by atoms with van der Waals surface area (Å²) in [5, 5.41) is 3.81. The average Bonchev–Trinajstić information content (AvgIpc) is 3.10. The summed E-state index contributed by atoms with van der Waals surface area (Å²) in [5.41, 5.74) is 1.38. The Morgan fingerprint density at radius 1 is 1.30 bits per heavy atom. The maximum Gasteiger partial charge on any atom is 0.323 e. The molecule has 0 atom stereocenters. The van der Waals surface area contributed by atoms with E-state index in [0.717, 1.165) is 4.47 Å². The first-order chi connectivity index (χ1) is 10.9. The van der Waals surface area contributed by atoms with Crippen LogP contribution in [0.15, 0.2) is 25.9 Å². The number of imidazole rings is 1. The van der Waals surface area contributed by atoms with Crippen LogP contribution in [-0.4, -0.2) is 40.0 Å². The number of aromatic nitrogens is 4. The molecule has 0 radical (unpaired) electrons. The van der Waals surface area contributed by atoms with Gasteiger partial charge in [-0.25, -0.2) is 13.2 Å². The van der Waals surface area contributed by atoms with Gasteiger partial charge < -0.3 is 14.5 Å². The van der Waals surface area contributed by atoms with E-state index in [1.807, 2.05) is 0 Å². The van der Waals surface area contributed by atoms with Gasteiger partial charge in [-0.2, -0.15) is 4.98 Å². The van der Waals surface area contributed by atoms with E-state index >= 15 is 0 Å². The van der Waals surface area contributed by atoms with Crippen LogP contribution in [0.1, 0.15) is 12.7 Å². The Morgan fingerprint density at radius 2 is 2.09 bits per heavy atom. The van der Waals surface area contributed by atoms with Crippen molar-refractivity contribution >= 4 is 36.8 Å². The molecule has 0 unspecified atom stereocenters. The third-order valence-electron chi connectivity index (χ3n) is 3.36. The van der Waals surface area contributed by atoms with E-state index in [4.69, 9.17) is 4.52 Å². The van der Waals surface area contributed by atoms with Gasteiger partial charge in [-0.05, 0) is 12.1 Å². The van der Waals surface area contributed by atoms with Gasteiger partial charge in [-0.3, -0.25) is 0 Å². The van der Waals surface area contributed by atoms with Gasteiger partial charge in [0.15, 0.2) is 5.82 Å². The largest absolute Gasteiger partial charge is 0.334 e. The quantitative estimate of drug-likeness (QED) is 0.671. The predicted molar refractivity (Wildman–Crippen MR) is 87.9 cm³/mol. The van der Waals surface area contributed by atoms with E-state index in [0.29, 0.717) is 22.4 Å². The van der Waals surface area contributed by atoms with Crippen LogP contribution < -0.4 is 5.69 Å². The van der Waals surface area contributed by atoms with Gasteiger partial charge in [0.25, 0.3) is 5.89 Å². The summed E-state index contributed by atoms with van der Waals surface area (Å²) in [5.74, 6) is 0.574. The zero-order valence-electron chi connectivity index (χ0n) is 12.1. The maximum atomic E-state index is 11.5. The highest BCUT2D eigenvalue weighted by Crippen LogP contribution is 2.28. The van der Waals surface area contributed by atoms with Crippen molar-refractivity contribution in [1.82, 2.24) is 20.1 Å². The van der Waals surface area contributed by atoms with Crippen molar-refractivity contribution in [3.05, 3.63) is 32.9 Å². The first-order valence-electron chi connectivity index (χ1n) is 6.83. The van der Waals surface area contributed by atoms with Gasteiger partial charge in [0, 0.05) is 16.6 Å². The number of benzene rings is 1. The summed E-state index contributed by atoms with van der Waals surface area (Å²) in [6.07, 6.45) is 0.181. The summed E-state index contributed by atoms with van der Waals surface area (Å²) in [4.78, 5) is 21.0. The smallest absolute Gasteiger partial charge is 0.323 e. The molecule has 2 N–H and O–H groups in total. The number of nitrogens with zero attached hydrogens (tertiary/aromatic N) is 2. The van der Waals surface area contributed by atoms with Crippen molar-refractivity contribution in [1.29, 1.82) is 0 Å². The number of aryl methyl sites for hydroxylation is 1. The zero-order chi connectivity index (χ0) is 16.6. The fourth-order valence-electron chi connectivity index (χ4n) is 2.13.